The van der Waals surface area contributed by atoms with Crippen LogP contribution in [0.3, 0.4) is 0 Å². The Bertz CT molecular complexity index is 265. The van der Waals surface area contributed by atoms with Crippen LogP contribution in [0.4, 0.5) is 5.69 Å². The van der Waals surface area contributed by atoms with E-state index in [2.05, 4.69) is 21.4 Å². The van der Waals surface area contributed by atoms with E-state index in [0.717, 1.165) is 15.9 Å². The van der Waals surface area contributed by atoms with Crippen molar-refractivity contribution >= 4 is 21.6 Å². The Morgan fingerprint density at radius 3 is 2.83 bits per heavy atom. The Balaban J connectivity index is 2.87. The zero-order valence-corrected chi connectivity index (χ0v) is 8.39. The summed E-state index contributed by atoms with van der Waals surface area (Å²) in [7, 11) is 0. The molecule has 0 heterocycles. The number of benzene rings is 1. The van der Waals surface area contributed by atoms with Crippen molar-refractivity contribution in [2.75, 3.05) is 12.0 Å². The number of hydrogen-bond donors (Lipinski definition) is 2. The van der Waals surface area contributed by atoms with Crippen LogP contribution in [-0.2, 0) is 0 Å². The standard InChI is InChI=1S/C8H11BrN2O/c1-2-12-8-4-3-6(11-10)5-7(8)9/h3-5,11H,2,10H2,1H3. The highest BCUT2D eigenvalue weighted by atomic mass is 79.9. The van der Waals surface area contributed by atoms with E-state index in [9.17, 15) is 0 Å². The summed E-state index contributed by atoms with van der Waals surface area (Å²) >= 11 is 3.37. The molecule has 0 aliphatic heterocycles. The van der Waals surface area contributed by atoms with E-state index >= 15 is 0 Å². The van der Waals surface area contributed by atoms with Gasteiger partial charge in [0.25, 0.3) is 0 Å². The van der Waals surface area contributed by atoms with Crippen molar-refractivity contribution in [3.8, 4) is 5.75 Å². The van der Waals surface area contributed by atoms with Gasteiger partial charge in [-0.25, -0.2) is 0 Å². The van der Waals surface area contributed by atoms with Crippen molar-refractivity contribution in [3.05, 3.63) is 22.7 Å². The van der Waals surface area contributed by atoms with Gasteiger partial charge in [-0.2, -0.15) is 0 Å². The lowest BCUT2D eigenvalue weighted by atomic mass is 10.3. The van der Waals surface area contributed by atoms with Gasteiger partial charge in [0, 0.05) is 5.69 Å². The molecule has 0 unspecified atom stereocenters. The zero-order chi connectivity index (χ0) is 8.97. The van der Waals surface area contributed by atoms with Crippen molar-refractivity contribution in [2.24, 2.45) is 5.84 Å². The monoisotopic (exact) mass is 230 g/mol. The fourth-order valence-corrected chi connectivity index (χ4v) is 1.36. The molecule has 0 saturated carbocycles. The second kappa shape index (κ2) is 4.33. The zero-order valence-electron chi connectivity index (χ0n) is 6.80. The van der Waals surface area contributed by atoms with Crippen LogP contribution in [0.25, 0.3) is 0 Å². The molecule has 1 aromatic carbocycles. The van der Waals surface area contributed by atoms with Gasteiger partial charge in [-0.3, -0.25) is 5.84 Å². The van der Waals surface area contributed by atoms with E-state index in [1.807, 2.05) is 25.1 Å². The molecule has 1 aromatic rings. The van der Waals surface area contributed by atoms with Gasteiger partial charge < -0.3 is 10.2 Å². The van der Waals surface area contributed by atoms with E-state index in [-0.39, 0.29) is 0 Å². The number of nitrogens with two attached hydrogens (primary N) is 1. The van der Waals surface area contributed by atoms with Crippen LogP contribution in [0.5, 0.6) is 5.75 Å². The Kier molecular flexibility index (Phi) is 3.37. The minimum Gasteiger partial charge on any atom is -0.493 e. The molecule has 3 N–H and O–H groups in total. The third-order valence-corrected chi connectivity index (χ3v) is 2.02. The van der Waals surface area contributed by atoms with Crippen LogP contribution in [0.1, 0.15) is 6.92 Å². The molecule has 1 rings (SSSR count). The van der Waals surface area contributed by atoms with Crippen LogP contribution in [-0.4, -0.2) is 6.61 Å². The molecule has 0 aliphatic rings. The maximum absolute atomic E-state index is 5.32. The first-order valence-electron chi connectivity index (χ1n) is 3.67. The average Bonchev–Trinajstić information content (AvgIpc) is 2.09. The fourth-order valence-electron chi connectivity index (χ4n) is 0.863. The quantitative estimate of drug-likeness (QED) is 0.618. The summed E-state index contributed by atoms with van der Waals surface area (Å²) in [6, 6.07) is 5.59. The SMILES string of the molecule is CCOc1ccc(NN)cc1Br. The van der Waals surface area contributed by atoms with Gasteiger partial charge in [0.15, 0.2) is 0 Å². The number of hydrazine groups is 1. The van der Waals surface area contributed by atoms with Crippen molar-refractivity contribution in [1.82, 2.24) is 0 Å². The third kappa shape index (κ3) is 2.12. The lowest BCUT2D eigenvalue weighted by Crippen LogP contribution is -2.06. The highest BCUT2D eigenvalue weighted by Crippen LogP contribution is 2.27. The van der Waals surface area contributed by atoms with Crippen molar-refractivity contribution < 1.29 is 4.74 Å². The normalized spacial score (nSPS) is 9.58. The highest BCUT2D eigenvalue weighted by Gasteiger charge is 1.99. The van der Waals surface area contributed by atoms with Gasteiger partial charge in [-0.1, -0.05) is 0 Å². The molecule has 0 atom stereocenters. The van der Waals surface area contributed by atoms with Crippen LogP contribution in [0, 0.1) is 0 Å². The molecule has 0 amide bonds. The molecule has 3 nitrogen and oxygen atoms in total. The third-order valence-electron chi connectivity index (χ3n) is 1.40. The second-order valence-electron chi connectivity index (χ2n) is 2.22. The molecule has 0 saturated heterocycles. The molecule has 66 valence electrons. The molecule has 4 heteroatoms. The number of anilines is 1. The lowest BCUT2D eigenvalue weighted by Gasteiger charge is -2.06. The first-order chi connectivity index (χ1) is 5.77. The second-order valence-corrected chi connectivity index (χ2v) is 3.08. The summed E-state index contributed by atoms with van der Waals surface area (Å²) in [5.41, 5.74) is 3.40. The van der Waals surface area contributed by atoms with Gasteiger partial charge in [0.05, 0.1) is 11.1 Å². The number of hydrogen-bond acceptors (Lipinski definition) is 3. The van der Waals surface area contributed by atoms with Crippen LogP contribution in [0.15, 0.2) is 22.7 Å². The number of nitrogen functional groups attached to an aromatic ring is 1. The molecule has 0 aromatic heterocycles. The van der Waals surface area contributed by atoms with Gasteiger partial charge in [0.2, 0.25) is 0 Å². The molecule has 0 spiro atoms. The summed E-state index contributed by atoms with van der Waals surface area (Å²) in [6.45, 7) is 2.61. The van der Waals surface area contributed by atoms with E-state index in [0.29, 0.717) is 6.61 Å². The molecule has 0 radical (unpaired) electrons. The van der Waals surface area contributed by atoms with E-state index in [4.69, 9.17) is 10.6 Å². The summed E-state index contributed by atoms with van der Waals surface area (Å²) in [4.78, 5) is 0. The Labute approximate surface area is 80.0 Å². The number of nitrogens with one attached hydrogen (secondary N) is 1. The van der Waals surface area contributed by atoms with Crippen LogP contribution >= 0.6 is 15.9 Å². The molecule has 0 bridgehead atoms. The highest BCUT2D eigenvalue weighted by molar-refractivity contribution is 9.10. The number of halogens is 1. The average molecular weight is 231 g/mol. The van der Waals surface area contributed by atoms with E-state index < -0.39 is 0 Å². The van der Waals surface area contributed by atoms with Crippen molar-refractivity contribution in [2.45, 2.75) is 6.92 Å². The fraction of sp³-hybridized carbons (Fsp3) is 0.250. The molecule has 0 fully saturated rings. The van der Waals surface area contributed by atoms with Gasteiger partial charge in [-0.05, 0) is 41.1 Å². The first-order valence-corrected chi connectivity index (χ1v) is 4.46. The van der Waals surface area contributed by atoms with Crippen LogP contribution < -0.4 is 16.0 Å². The number of rotatable bonds is 3. The molecule has 12 heavy (non-hydrogen) atoms. The maximum Gasteiger partial charge on any atom is 0.133 e. The van der Waals surface area contributed by atoms with E-state index in [1.54, 1.807) is 0 Å². The summed E-state index contributed by atoms with van der Waals surface area (Å²) < 4.78 is 6.22. The van der Waals surface area contributed by atoms with Crippen molar-refractivity contribution in [1.29, 1.82) is 0 Å². The molecular weight excluding hydrogens is 220 g/mol. The van der Waals surface area contributed by atoms with Gasteiger partial charge in [-0.15, -0.1) is 0 Å². The lowest BCUT2D eigenvalue weighted by molar-refractivity contribution is 0.338. The Hall–Kier alpha value is -0.740. The molecular formula is C8H11BrN2O. The Morgan fingerprint density at radius 2 is 2.33 bits per heavy atom. The predicted molar refractivity (Wildman–Crippen MR) is 53.1 cm³/mol. The minimum atomic E-state index is 0.661. The van der Waals surface area contributed by atoms with Crippen molar-refractivity contribution in [3.63, 3.8) is 0 Å². The number of ether oxygens (including phenoxy) is 1. The first kappa shape index (κ1) is 9.35. The topological polar surface area (TPSA) is 47.3 Å². The summed E-state index contributed by atoms with van der Waals surface area (Å²) in [5, 5.41) is 0. The smallest absolute Gasteiger partial charge is 0.133 e. The largest absolute Gasteiger partial charge is 0.493 e. The van der Waals surface area contributed by atoms with Gasteiger partial charge >= 0.3 is 0 Å². The summed E-state index contributed by atoms with van der Waals surface area (Å²) in [5.74, 6) is 6.06. The molecule has 0 aliphatic carbocycles. The van der Waals surface area contributed by atoms with E-state index in [1.165, 1.54) is 0 Å². The minimum absolute atomic E-state index is 0.661. The van der Waals surface area contributed by atoms with Crippen LogP contribution in [0.2, 0.25) is 0 Å². The Morgan fingerprint density at radius 1 is 1.58 bits per heavy atom. The maximum atomic E-state index is 5.32. The van der Waals surface area contributed by atoms with Gasteiger partial charge in [0.1, 0.15) is 5.75 Å². The summed E-state index contributed by atoms with van der Waals surface area (Å²) in [6.07, 6.45) is 0. The predicted octanol–water partition coefficient (Wildman–Crippen LogP) is 2.13.